The highest BCUT2D eigenvalue weighted by molar-refractivity contribution is 8.67. The highest BCUT2D eigenvalue weighted by Gasteiger charge is 2.85. The Morgan fingerprint density at radius 2 is 1.59 bits per heavy atom. The van der Waals surface area contributed by atoms with Crippen molar-refractivity contribution in [1.82, 2.24) is 0 Å². The molecule has 0 aliphatic carbocycles. The first-order valence-corrected chi connectivity index (χ1v) is 8.32. The van der Waals surface area contributed by atoms with Gasteiger partial charge in [0.05, 0.1) is 0 Å². The van der Waals surface area contributed by atoms with Crippen molar-refractivity contribution in [1.29, 1.82) is 0 Å². The molecule has 3 rings (SSSR count). The first kappa shape index (κ1) is 13.7. The van der Waals surface area contributed by atoms with E-state index >= 15 is 0 Å². The maximum absolute atomic E-state index is 14.3. The summed E-state index contributed by atoms with van der Waals surface area (Å²) in [6, 6.07) is -0.0235. The van der Waals surface area contributed by atoms with Gasteiger partial charge in [0.25, 0.3) is 0 Å². The van der Waals surface area contributed by atoms with Crippen molar-refractivity contribution in [3.8, 4) is 0 Å². The SMILES string of the molecule is CS(F)(F)(F)(F)B1C[N+]2(CCl)CC[N+]1(F)CC2. The third-order valence-corrected chi connectivity index (χ3v) is 6.29. The molecule has 2 nitrogen and oxygen atoms in total. The van der Waals surface area contributed by atoms with Gasteiger partial charge < -0.3 is 4.48 Å². The quantitative estimate of drug-likeness (QED) is 0.184. The van der Waals surface area contributed by atoms with Gasteiger partial charge in [0.2, 0.25) is 9.69 Å². The third kappa shape index (κ3) is 2.26. The summed E-state index contributed by atoms with van der Waals surface area (Å²) in [5, 5.41) is 0. The van der Waals surface area contributed by atoms with Gasteiger partial charge in [-0.25, -0.2) is 0 Å². The van der Waals surface area contributed by atoms with Gasteiger partial charge in [-0.1, -0.05) is 11.6 Å². The number of rotatable bonds is 2. The Hall–Kier alpha value is 0.275. The molecule has 102 valence electrons. The molecule has 0 aromatic heterocycles. The molecule has 2 bridgehead atoms. The second-order valence-corrected chi connectivity index (χ2v) is 9.38. The van der Waals surface area contributed by atoms with Crippen LogP contribution in [-0.4, -0.2) is 60.1 Å². The van der Waals surface area contributed by atoms with E-state index in [-0.39, 0.29) is 42.9 Å². The number of quaternary nitrogens is 2. The fourth-order valence-electron chi connectivity index (χ4n) is 2.76. The molecule has 0 radical (unpaired) electrons. The van der Waals surface area contributed by atoms with Crippen molar-refractivity contribution in [3.63, 3.8) is 0 Å². The van der Waals surface area contributed by atoms with Gasteiger partial charge in [-0.15, -0.1) is 15.5 Å². The molecule has 0 unspecified atom stereocenters. The summed E-state index contributed by atoms with van der Waals surface area (Å²) < 4.78 is 66.4. The lowest BCUT2D eigenvalue weighted by Crippen LogP contribution is -2.80. The molecule has 3 fully saturated rings. The number of nitrogens with zero attached hydrogens (tertiary/aromatic N) is 2. The van der Waals surface area contributed by atoms with Crippen LogP contribution in [0.2, 0.25) is 0 Å². The third-order valence-electron chi connectivity index (χ3n) is 3.89. The van der Waals surface area contributed by atoms with Gasteiger partial charge in [0, 0.05) is 6.26 Å². The molecule has 17 heavy (non-hydrogen) atoms. The smallest absolute Gasteiger partial charge is 0.301 e. The number of fused-ring (bicyclic) bond motifs is 3. The van der Waals surface area contributed by atoms with Crippen molar-refractivity contribution in [2.24, 2.45) is 0 Å². The van der Waals surface area contributed by atoms with Crippen LogP contribution in [0.4, 0.5) is 20.0 Å². The monoisotopic (exact) mass is 300 g/mol. The fraction of sp³-hybridized carbons (Fsp3) is 1.00. The van der Waals surface area contributed by atoms with Crippen molar-refractivity contribution in [2.45, 2.75) is 0 Å². The maximum Gasteiger partial charge on any atom is 0.646 e. The van der Waals surface area contributed by atoms with Crippen LogP contribution >= 0.6 is 21.3 Å². The standard InChI is InChI=1S/C7H15BClF5N2S/c1-17(11,12,13,14)8-6-15(7-9)2-4-16(8,10)5-3-15/h2-7H2,1H3/q+2. The Morgan fingerprint density at radius 3 is 1.94 bits per heavy atom. The zero-order valence-corrected chi connectivity index (χ0v) is 11.0. The van der Waals surface area contributed by atoms with E-state index < -0.39 is 26.9 Å². The molecule has 0 saturated carbocycles. The summed E-state index contributed by atoms with van der Waals surface area (Å²) in [5.41, 5.74) is 0. The summed E-state index contributed by atoms with van der Waals surface area (Å²) >= 11 is 5.68. The molecular formula is C7H15BClF5N2S+2. The molecular weight excluding hydrogens is 285 g/mol. The molecule has 10 heteroatoms. The van der Waals surface area contributed by atoms with Crippen molar-refractivity contribution in [3.05, 3.63) is 0 Å². The lowest BCUT2D eigenvalue weighted by Gasteiger charge is -2.58. The highest BCUT2D eigenvalue weighted by Crippen LogP contribution is 2.96. The van der Waals surface area contributed by atoms with Crippen LogP contribution in [-0.2, 0) is 0 Å². The van der Waals surface area contributed by atoms with Gasteiger partial charge in [-0.05, 0) is 4.48 Å². The normalized spacial score (nSPS) is 42.2. The number of alkyl halides is 1. The van der Waals surface area contributed by atoms with E-state index in [0.29, 0.717) is 0 Å². The number of hydrogen-bond acceptors (Lipinski definition) is 0. The number of hydrogen-bond donors (Lipinski definition) is 0. The molecule has 0 amide bonds. The Bertz CT molecular complexity index is 352. The Morgan fingerprint density at radius 1 is 1.12 bits per heavy atom. The van der Waals surface area contributed by atoms with E-state index in [1.165, 1.54) is 0 Å². The Kier molecular flexibility index (Phi) is 2.33. The van der Waals surface area contributed by atoms with Gasteiger partial charge >= 0.3 is 6.13 Å². The van der Waals surface area contributed by atoms with E-state index in [2.05, 4.69) is 0 Å². The van der Waals surface area contributed by atoms with E-state index in [4.69, 9.17) is 11.6 Å². The van der Waals surface area contributed by atoms with Gasteiger partial charge in [-0.3, -0.25) is 0 Å². The summed E-state index contributed by atoms with van der Waals surface area (Å²) in [4.78, 5) is 0. The second-order valence-electron chi connectivity index (χ2n) is 5.48. The fourth-order valence-corrected chi connectivity index (χ4v) is 4.95. The zero-order chi connectivity index (χ0) is 13.2. The first-order valence-electron chi connectivity index (χ1n) is 5.26. The minimum atomic E-state index is -8.34. The first-order chi connectivity index (χ1) is 7.30. The predicted octanol–water partition coefficient (Wildman–Crippen LogP) is 2.80. The lowest BCUT2D eigenvalue weighted by atomic mass is 9.79. The molecule has 3 aliphatic rings. The van der Waals surface area contributed by atoms with E-state index in [0.717, 1.165) is 0 Å². The molecule has 0 atom stereocenters. The van der Waals surface area contributed by atoms with Crippen molar-refractivity contribution < 1.29 is 29.1 Å². The second kappa shape index (κ2) is 2.89. The summed E-state index contributed by atoms with van der Waals surface area (Å²) in [5.74, 6) is 0. The molecule has 0 aromatic carbocycles. The molecule has 0 N–H and O–H groups in total. The van der Waals surface area contributed by atoms with Crippen LogP contribution in [0.1, 0.15) is 0 Å². The molecule has 3 heterocycles. The molecule has 3 aliphatic heterocycles. The minimum absolute atomic E-state index is 0.0235. The van der Waals surface area contributed by atoms with Crippen LogP contribution in [0.25, 0.3) is 0 Å². The Labute approximate surface area is 102 Å². The number of piperazine rings is 1. The maximum atomic E-state index is 14.3. The highest BCUT2D eigenvalue weighted by atomic mass is 35.5. The molecule has 0 spiro atoms. The largest absolute Gasteiger partial charge is 0.646 e. The lowest BCUT2D eigenvalue weighted by molar-refractivity contribution is -1.07. The van der Waals surface area contributed by atoms with Crippen LogP contribution in [0, 0.1) is 0 Å². The van der Waals surface area contributed by atoms with Gasteiger partial charge in [0.15, 0.2) is 6.00 Å². The number of halogens is 6. The van der Waals surface area contributed by atoms with E-state index in [1.807, 2.05) is 0 Å². The zero-order valence-electron chi connectivity index (χ0n) is 9.39. The predicted molar refractivity (Wildman–Crippen MR) is 60.4 cm³/mol. The van der Waals surface area contributed by atoms with Gasteiger partial charge in [0.1, 0.15) is 32.6 Å². The van der Waals surface area contributed by atoms with Crippen LogP contribution < -0.4 is 0 Å². The van der Waals surface area contributed by atoms with Crippen LogP contribution in [0.5, 0.6) is 0 Å². The van der Waals surface area contributed by atoms with Crippen molar-refractivity contribution in [2.75, 3.05) is 44.9 Å². The van der Waals surface area contributed by atoms with E-state index in [1.54, 1.807) is 0 Å². The average molecular weight is 301 g/mol. The van der Waals surface area contributed by atoms with Crippen molar-refractivity contribution >= 4 is 27.4 Å². The van der Waals surface area contributed by atoms with Gasteiger partial charge in [-0.2, -0.15) is 4.62 Å². The van der Waals surface area contributed by atoms with E-state index in [9.17, 15) is 20.0 Å². The summed E-state index contributed by atoms with van der Waals surface area (Å²) in [6.07, 6.45) is -3.49. The molecule has 3 saturated heterocycles. The summed E-state index contributed by atoms with van der Waals surface area (Å²) in [7, 11) is -8.34. The Balaban J connectivity index is 2.44. The average Bonchev–Trinajstić information content (AvgIpc) is 2.15. The molecule has 0 aromatic rings. The van der Waals surface area contributed by atoms with Crippen LogP contribution in [0.15, 0.2) is 0 Å². The minimum Gasteiger partial charge on any atom is -0.301 e. The summed E-state index contributed by atoms with van der Waals surface area (Å²) in [6.45, 7) is -0.144. The van der Waals surface area contributed by atoms with Crippen LogP contribution in [0.3, 0.4) is 0 Å². The topological polar surface area (TPSA) is 0 Å².